The number of hydrogen-bond donors (Lipinski definition) is 0. The lowest BCUT2D eigenvalue weighted by Crippen LogP contribution is -2.61. The monoisotopic (exact) mass is 755 g/mol. The summed E-state index contributed by atoms with van der Waals surface area (Å²) >= 11 is 0. The molecule has 0 bridgehead atoms. The Kier molecular flexibility index (Phi) is 8.95. The van der Waals surface area contributed by atoms with E-state index < -0.39 is 0 Å². The molecule has 2 heterocycles. The molecule has 5 aromatic rings. The van der Waals surface area contributed by atoms with Crippen molar-refractivity contribution < 1.29 is 0 Å². The van der Waals surface area contributed by atoms with Gasteiger partial charge in [-0.1, -0.05) is 134 Å². The molecule has 1 aliphatic carbocycles. The van der Waals surface area contributed by atoms with Crippen molar-refractivity contribution in [1.82, 2.24) is 0 Å². The van der Waals surface area contributed by atoms with Crippen molar-refractivity contribution in [3.05, 3.63) is 123 Å². The summed E-state index contributed by atoms with van der Waals surface area (Å²) in [4.78, 5) is 5.31. The molecule has 0 radical (unpaired) electrons. The van der Waals surface area contributed by atoms with Gasteiger partial charge in [0.2, 0.25) is 0 Å². The predicted molar refractivity (Wildman–Crippen MR) is 251 cm³/mol. The fraction of sp³-hybridized carbons (Fsp3) is 0.444. The van der Waals surface area contributed by atoms with E-state index in [1.165, 1.54) is 101 Å². The first-order chi connectivity index (χ1) is 26.3. The Morgan fingerprint density at radius 2 is 0.807 bits per heavy atom. The van der Waals surface area contributed by atoms with Crippen LogP contribution in [0.1, 0.15) is 155 Å². The summed E-state index contributed by atoms with van der Waals surface area (Å²) in [5.74, 6) is 0. The van der Waals surface area contributed by atoms with Crippen molar-refractivity contribution in [1.29, 1.82) is 0 Å². The van der Waals surface area contributed by atoms with Crippen LogP contribution in [0.4, 0.5) is 34.1 Å². The van der Waals surface area contributed by atoms with Crippen molar-refractivity contribution in [2.45, 2.75) is 157 Å². The van der Waals surface area contributed by atoms with Gasteiger partial charge in [0.05, 0.1) is 0 Å². The average molecular weight is 755 g/mol. The molecule has 5 aromatic carbocycles. The van der Waals surface area contributed by atoms with Crippen LogP contribution >= 0.6 is 0 Å². The third-order valence-electron chi connectivity index (χ3n) is 13.1. The van der Waals surface area contributed by atoms with Crippen molar-refractivity contribution in [2.75, 3.05) is 9.80 Å². The number of aryl methyl sites for hydroxylation is 3. The van der Waals surface area contributed by atoms with Gasteiger partial charge < -0.3 is 9.80 Å². The molecule has 2 aliphatic heterocycles. The molecular formula is C54H67BN2. The van der Waals surface area contributed by atoms with Crippen LogP contribution in [0.5, 0.6) is 0 Å². The fourth-order valence-corrected chi connectivity index (χ4v) is 9.44. The van der Waals surface area contributed by atoms with Gasteiger partial charge in [0.25, 0.3) is 6.71 Å². The van der Waals surface area contributed by atoms with E-state index in [4.69, 9.17) is 0 Å². The number of benzene rings is 5. The molecule has 0 spiro atoms. The molecular weight excluding hydrogens is 687 g/mol. The molecule has 0 amide bonds. The van der Waals surface area contributed by atoms with Gasteiger partial charge in [-0.05, 0) is 163 Å². The number of nitrogens with zero attached hydrogens (tertiary/aromatic N) is 2. The first-order valence-corrected chi connectivity index (χ1v) is 21.7. The summed E-state index contributed by atoms with van der Waals surface area (Å²) in [6.45, 7) is 37.8. The maximum absolute atomic E-state index is 2.67. The molecule has 0 saturated heterocycles. The van der Waals surface area contributed by atoms with Crippen molar-refractivity contribution in [2.24, 2.45) is 0 Å². The summed E-state index contributed by atoms with van der Waals surface area (Å²) in [5, 5.41) is 0. The Morgan fingerprint density at radius 3 is 1.25 bits per heavy atom. The lowest BCUT2D eigenvalue weighted by molar-refractivity contribution is 0.568. The van der Waals surface area contributed by atoms with Crippen LogP contribution in [0, 0.1) is 6.92 Å². The van der Waals surface area contributed by atoms with Crippen molar-refractivity contribution in [3.8, 4) is 0 Å². The zero-order chi connectivity index (χ0) is 41.4. The number of fused-ring (bicyclic) bond motifs is 5. The molecule has 57 heavy (non-hydrogen) atoms. The van der Waals surface area contributed by atoms with E-state index >= 15 is 0 Å². The minimum Gasteiger partial charge on any atom is -0.311 e. The van der Waals surface area contributed by atoms with Gasteiger partial charge in [0, 0.05) is 34.1 Å². The summed E-state index contributed by atoms with van der Waals surface area (Å²) < 4.78 is 0. The van der Waals surface area contributed by atoms with E-state index in [-0.39, 0.29) is 33.8 Å². The van der Waals surface area contributed by atoms with Gasteiger partial charge in [0.1, 0.15) is 0 Å². The second kappa shape index (κ2) is 12.9. The molecule has 8 rings (SSSR count). The van der Waals surface area contributed by atoms with Crippen LogP contribution in [0.3, 0.4) is 0 Å². The van der Waals surface area contributed by atoms with E-state index in [1.54, 1.807) is 0 Å². The Labute approximate surface area is 346 Å². The van der Waals surface area contributed by atoms with Gasteiger partial charge >= 0.3 is 0 Å². The molecule has 3 aliphatic rings. The molecule has 0 unspecified atom stereocenters. The molecule has 0 fully saturated rings. The van der Waals surface area contributed by atoms with E-state index in [1.807, 2.05) is 0 Å². The lowest BCUT2D eigenvalue weighted by atomic mass is 9.33. The van der Waals surface area contributed by atoms with Gasteiger partial charge in [-0.2, -0.15) is 0 Å². The maximum atomic E-state index is 2.67. The van der Waals surface area contributed by atoms with E-state index in [0.29, 0.717) is 0 Å². The minimum absolute atomic E-state index is 0.00175. The summed E-state index contributed by atoms with van der Waals surface area (Å²) in [6, 6.07) is 32.5. The summed E-state index contributed by atoms with van der Waals surface area (Å²) in [5.41, 5.74) is 23.3. The lowest BCUT2D eigenvalue weighted by Gasteiger charge is -2.45. The van der Waals surface area contributed by atoms with E-state index in [0.717, 1.165) is 12.8 Å². The van der Waals surface area contributed by atoms with Gasteiger partial charge in [0.15, 0.2) is 0 Å². The third-order valence-corrected chi connectivity index (χ3v) is 13.1. The number of anilines is 6. The third kappa shape index (κ3) is 6.85. The van der Waals surface area contributed by atoms with E-state index in [9.17, 15) is 0 Å². The molecule has 2 nitrogen and oxygen atoms in total. The summed E-state index contributed by atoms with van der Waals surface area (Å²) in [7, 11) is 0. The van der Waals surface area contributed by atoms with Gasteiger partial charge in [-0.3, -0.25) is 0 Å². The topological polar surface area (TPSA) is 6.48 Å². The van der Waals surface area contributed by atoms with Crippen LogP contribution in [-0.2, 0) is 39.9 Å². The number of rotatable bonds is 2. The normalized spacial score (nSPS) is 15.4. The molecule has 0 aromatic heterocycles. The standard InChI is InChI=1S/C54H67BN2/c1-33-22-47-49-48(23-33)57(42-30-39(53(11,12)13)27-40(31-42)54(14,15)16)46-25-35-19-17-18-34(35)24-43(46)55(49)44-32-36(50(2,3)4)20-21-45(44)56(47)41-28-37(51(5,6)7)26-38(29-41)52(8,9)10/h20-32H,17-19H2,1-16H3. The fourth-order valence-electron chi connectivity index (χ4n) is 9.44. The quantitative estimate of drug-likeness (QED) is 0.162. The minimum atomic E-state index is -0.00175. The maximum Gasteiger partial charge on any atom is 0.252 e. The largest absolute Gasteiger partial charge is 0.311 e. The van der Waals surface area contributed by atoms with Gasteiger partial charge in [-0.25, -0.2) is 0 Å². The van der Waals surface area contributed by atoms with Crippen LogP contribution < -0.4 is 26.2 Å². The molecule has 296 valence electrons. The molecule has 0 saturated carbocycles. The highest BCUT2D eigenvalue weighted by Crippen LogP contribution is 2.48. The highest BCUT2D eigenvalue weighted by atomic mass is 15.2. The Hall–Kier alpha value is -4.24. The predicted octanol–water partition coefficient (Wildman–Crippen LogP) is 13.1. The van der Waals surface area contributed by atoms with Crippen LogP contribution in [0.15, 0.2) is 78.9 Å². The summed E-state index contributed by atoms with van der Waals surface area (Å²) in [6.07, 6.45) is 3.54. The molecule has 3 heteroatoms. The Balaban J connectivity index is 1.52. The van der Waals surface area contributed by atoms with Crippen LogP contribution in [-0.4, -0.2) is 6.71 Å². The second-order valence-corrected chi connectivity index (χ2v) is 22.9. The Bertz CT molecular complexity index is 2360. The van der Waals surface area contributed by atoms with Gasteiger partial charge in [-0.15, -0.1) is 0 Å². The highest BCUT2D eigenvalue weighted by Gasteiger charge is 2.45. The number of hydrogen-bond acceptors (Lipinski definition) is 2. The first kappa shape index (κ1) is 39.6. The molecule has 0 N–H and O–H groups in total. The average Bonchev–Trinajstić information content (AvgIpc) is 3.55. The van der Waals surface area contributed by atoms with Crippen LogP contribution in [0.2, 0.25) is 0 Å². The molecule has 0 atom stereocenters. The Morgan fingerprint density at radius 1 is 0.404 bits per heavy atom. The zero-order valence-corrected chi connectivity index (χ0v) is 38.1. The smallest absolute Gasteiger partial charge is 0.252 e. The second-order valence-electron chi connectivity index (χ2n) is 22.9. The first-order valence-electron chi connectivity index (χ1n) is 21.7. The zero-order valence-electron chi connectivity index (χ0n) is 38.1. The highest BCUT2D eigenvalue weighted by molar-refractivity contribution is 7.00. The van der Waals surface area contributed by atoms with Crippen molar-refractivity contribution in [3.63, 3.8) is 0 Å². The SMILES string of the molecule is Cc1cc2c3c(c1)N(c1cc(C(C)(C)C)cc(C(C)(C)C)c1)c1cc4c(cc1B3c1cc(C(C)(C)C)ccc1N2c1cc(C(C)(C)C)cc(C(C)(C)C)c1)CCC4. The van der Waals surface area contributed by atoms with E-state index in [2.05, 4.69) is 199 Å². The van der Waals surface area contributed by atoms with Crippen LogP contribution in [0.25, 0.3) is 0 Å². The van der Waals surface area contributed by atoms with Crippen molar-refractivity contribution >= 4 is 57.2 Å².